The number of nitrogens with two attached hydrogens (primary N) is 1. The summed E-state index contributed by atoms with van der Waals surface area (Å²) < 4.78 is 0. The molecule has 1 heterocycles. The molecular formula is C21H16N2O6. The summed E-state index contributed by atoms with van der Waals surface area (Å²) in [6.45, 7) is 1.46. The van der Waals surface area contributed by atoms with E-state index in [-0.39, 0.29) is 16.9 Å². The number of nitrogen functional groups attached to an aromatic ring is 1. The fraction of sp³-hybridized carbons (Fsp3) is 0.0476. The fourth-order valence-corrected chi connectivity index (χ4v) is 3.08. The molecule has 0 unspecified atom stereocenters. The zero-order chi connectivity index (χ0) is 21.3. The smallest absolute Gasteiger partial charge is 0.342 e. The molecule has 0 aliphatic heterocycles. The molecule has 8 heteroatoms. The van der Waals surface area contributed by atoms with Crippen LogP contribution in [0.3, 0.4) is 0 Å². The van der Waals surface area contributed by atoms with Crippen LogP contribution in [-0.2, 0) is 0 Å². The Bertz CT molecular complexity index is 1210. The number of rotatable bonds is 5. The van der Waals surface area contributed by atoms with E-state index in [9.17, 15) is 29.4 Å². The normalized spacial score (nSPS) is 10.5. The first-order valence-electron chi connectivity index (χ1n) is 8.45. The van der Waals surface area contributed by atoms with Gasteiger partial charge in [0.2, 0.25) is 0 Å². The highest BCUT2D eigenvalue weighted by Crippen LogP contribution is 2.31. The minimum Gasteiger partial charge on any atom is -0.478 e. The number of Topliss-reactive ketones (excluding diaryl/α,β-unsaturated/α-hetero) is 1. The van der Waals surface area contributed by atoms with Crippen molar-refractivity contribution in [1.82, 2.24) is 4.98 Å². The number of aromatic amines is 1. The van der Waals surface area contributed by atoms with E-state index in [2.05, 4.69) is 4.98 Å². The molecule has 3 rings (SSSR count). The molecule has 0 saturated carbocycles. The average molecular weight is 392 g/mol. The van der Waals surface area contributed by atoms with Gasteiger partial charge >= 0.3 is 11.9 Å². The number of aromatic nitrogens is 1. The highest BCUT2D eigenvalue weighted by atomic mass is 16.4. The maximum atomic E-state index is 12.1. The van der Waals surface area contributed by atoms with Gasteiger partial charge in [0.25, 0.3) is 5.56 Å². The lowest BCUT2D eigenvalue weighted by Crippen LogP contribution is -2.24. The number of benzene rings is 2. The van der Waals surface area contributed by atoms with Gasteiger partial charge in [-0.05, 0) is 29.7 Å². The Morgan fingerprint density at radius 2 is 1.45 bits per heavy atom. The van der Waals surface area contributed by atoms with Crippen LogP contribution in [0.1, 0.15) is 38.0 Å². The van der Waals surface area contributed by atoms with Gasteiger partial charge in [0, 0.05) is 11.1 Å². The molecule has 2 aromatic carbocycles. The second-order valence-electron chi connectivity index (χ2n) is 6.32. The molecule has 8 nitrogen and oxygen atoms in total. The van der Waals surface area contributed by atoms with Crippen molar-refractivity contribution < 1.29 is 24.6 Å². The number of carbonyl (C=O) groups is 3. The number of carboxylic acids is 2. The molecule has 0 bridgehead atoms. The van der Waals surface area contributed by atoms with Gasteiger partial charge < -0.3 is 20.9 Å². The van der Waals surface area contributed by atoms with Gasteiger partial charge in [-0.15, -0.1) is 0 Å². The van der Waals surface area contributed by atoms with Crippen molar-refractivity contribution in [2.75, 3.05) is 5.73 Å². The maximum absolute atomic E-state index is 12.1. The van der Waals surface area contributed by atoms with E-state index in [1.54, 1.807) is 36.4 Å². The summed E-state index contributed by atoms with van der Waals surface area (Å²) in [6.07, 6.45) is 0. The molecule has 3 aromatic rings. The predicted octanol–water partition coefficient (Wildman–Crippen LogP) is 2.89. The van der Waals surface area contributed by atoms with Crippen LogP contribution in [0.4, 0.5) is 5.82 Å². The van der Waals surface area contributed by atoms with Crippen LogP contribution in [0.15, 0.2) is 53.3 Å². The van der Waals surface area contributed by atoms with Crippen molar-refractivity contribution in [3.8, 4) is 22.3 Å². The molecule has 0 aliphatic carbocycles. The zero-order valence-electron chi connectivity index (χ0n) is 15.2. The quantitative estimate of drug-likeness (QED) is 0.487. The Morgan fingerprint density at radius 3 is 2.00 bits per heavy atom. The first kappa shape index (κ1) is 19.6. The van der Waals surface area contributed by atoms with E-state index in [1.807, 2.05) is 0 Å². The number of hydrogen-bond acceptors (Lipinski definition) is 5. The van der Waals surface area contributed by atoms with Crippen LogP contribution < -0.4 is 11.3 Å². The van der Waals surface area contributed by atoms with Crippen LogP contribution in [0, 0.1) is 0 Å². The van der Waals surface area contributed by atoms with Crippen molar-refractivity contribution in [1.29, 1.82) is 0 Å². The lowest BCUT2D eigenvalue weighted by atomic mass is 9.93. The summed E-state index contributed by atoms with van der Waals surface area (Å²) in [7, 11) is 0. The second kappa shape index (κ2) is 7.43. The maximum Gasteiger partial charge on any atom is 0.342 e. The molecule has 29 heavy (non-hydrogen) atoms. The number of anilines is 1. The highest BCUT2D eigenvalue weighted by Gasteiger charge is 2.26. The highest BCUT2D eigenvalue weighted by molar-refractivity contribution is 6.07. The number of hydrogen-bond donors (Lipinski definition) is 4. The van der Waals surface area contributed by atoms with E-state index in [0.717, 1.165) is 11.1 Å². The number of H-pyrrole nitrogens is 1. The second-order valence-corrected chi connectivity index (χ2v) is 6.32. The van der Waals surface area contributed by atoms with E-state index in [1.165, 1.54) is 19.1 Å². The summed E-state index contributed by atoms with van der Waals surface area (Å²) in [5.41, 5.74) is 5.41. The molecule has 0 aliphatic rings. The summed E-state index contributed by atoms with van der Waals surface area (Å²) in [5.74, 6) is -3.54. The number of ketones is 1. The van der Waals surface area contributed by atoms with E-state index in [0.29, 0.717) is 5.56 Å². The van der Waals surface area contributed by atoms with Gasteiger partial charge in [-0.2, -0.15) is 0 Å². The zero-order valence-corrected chi connectivity index (χ0v) is 15.2. The number of aromatic carboxylic acids is 2. The first-order chi connectivity index (χ1) is 13.7. The topological polar surface area (TPSA) is 151 Å². The monoisotopic (exact) mass is 392 g/mol. The molecule has 1 aromatic heterocycles. The number of carbonyl (C=O) groups excluding carboxylic acids is 1. The van der Waals surface area contributed by atoms with Gasteiger partial charge in [0.05, 0.1) is 0 Å². The van der Waals surface area contributed by atoms with E-state index in [4.69, 9.17) is 5.73 Å². The number of nitrogens with one attached hydrogen (secondary N) is 1. The lowest BCUT2D eigenvalue weighted by molar-refractivity contribution is 0.0695. The third kappa shape index (κ3) is 3.63. The van der Waals surface area contributed by atoms with Crippen LogP contribution in [0.25, 0.3) is 22.3 Å². The predicted molar refractivity (Wildman–Crippen MR) is 106 cm³/mol. The lowest BCUT2D eigenvalue weighted by Gasteiger charge is -2.13. The van der Waals surface area contributed by atoms with Crippen molar-refractivity contribution in [2.24, 2.45) is 0 Å². The molecule has 0 fully saturated rings. The fourth-order valence-electron chi connectivity index (χ4n) is 3.08. The van der Waals surface area contributed by atoms with Crippen molar-refractivity contribution in [3.05, 3.63) is 75.6 Å². The standard InChI is InChI=1S/C21H16N2O6/c1-10(24)13-3-2-4-14(9-13)11-5-7-12(8-6-11)15-16(20(26)27)18(22)23-19(25)17(15)21(28)29/h2-9H,1H3,(H,26,27)(H,28,29)(H3,22,23,25). The van der Waals surface area contributed by atoms with Crippen LogP contribution in [0.2, 0.25) is 0 Å². The Labute approximate surface area is 164 Å². The van der Waals surface area contributed by atoms with Gasteiger partial charge in [0.1, 0.15) is 16.9 Å². The molecule has 0 atom stereocenters. The Balaban J connectivity index is 2.19. The largest absolute Gasteiger partial charge is 0.478 e. The molecule has 0 saturated heterocycles. The molecule has 0 radical (unpaired) electrons. The van der Waals surface area contributed by atoms with Crippen molar-refractivity contribution in [3.63, 3.8) is 0 Å². The third-order valence-electron chi connectivity index (χ3n) is 4.45. The van der Waals surface area contributed by atoms with Gasteiger partial charge in [-0.25, -0.2) is 9.59 Å². The SMILES string of the molecule is CC(=O)c1cccc(-c2ccc(-c3c(C(=O)O)c(N)[nH]c(=O)c3C(=O)O)cc2)c1. The van der Waals surface area contributed by atoms with E-state index >= 15 is 0 Å². The van der Waals surface area contributed by atoms with E-state index < -0.39 is 34.4 Å². The summed E-state index contributed by atoms with van der Waals surface area (Å²) in [5, 5.41) is 18.9. The molecular weight excluding hydrogens is 376 g/mol. The molecule has 0 amide bonds. The third-order valence-corrected chi connectivity index (χ3v) is 4.45. The summed E-state index contributed by atoms with van der Waals surface area (Å²) in [4.78, 5) is 49.0. The minimum absolute atomic E-state index is 0.0837. The van der Waals surface area contributed by atoms with Gasteiger partial charge in [0.15, 0.2) is 5.78 Å². The Hall–Kier alpha value is -4.20. The molecule has 0 spiro atoms. The average Bonchev–Trinajstić information content (AvgIpc) is 2.67. The summed E-state index contributed by atoms with van der Waals surface area (Å²) in [6, 6.07) is 13.2. The summed E-state index contributed by atoms with van der Waals surface area (Å²) >= 11 is 0. The van der Waals surface area contributed by atoms with Crippen LogP contribution >= 0.6 is 0 Å². The van der Waals surface area contributed by atoms with Crippen molar-refractivity contribution >= 4 is 23.5 Å². The van der Waals surface area contributed by atoms with Gasteiger partial charge in [-0.3, -0.25) is 9.59 Å². The number of carboxylic acid groups (broad SMARTS) is 2. The van der Waals surface area contributed by atoms with Crippen LogP contribution in [0.5, 0.6) is 0 Å². The number of pyridine rings is 1. The Morgan fingerprint density at radius 1 is 0.862 bits per heavy atom. The first-order valence-corrected chi connectivity index (χ1v) is 8.45. The van der Waals surface area contributed by atoms with Crippen LogP contribution in [-0.4, -0.2) is 32.9 Å². The van der Waals surface area contributed by atoms with Crippen molar-refractivity contribution in [2.45, 2.75) is 6.92 Å². The minimum atomic E-state index is -1.57. The van der Waals surface area contributed by atoms with Gasteiger partial charge in [-0.1, -0.05) is 42.5 Å². The Kier molecular flexibility index (Phi) is 5.01. The molecule has 146 valence electrons. The molecule has 5 N–H and O–H groups in total.